The first-order valence-corrected chi connectivity index (χ1v) is 9.78. The summed E-state index contributed by atoms with van der Waals surface area (Å²) >= 11 is 0. The Morgan fingerprint density at radius 2 is 1.56 bits per heavy atom. The number of hydrogen-bond donors (Lipinski definition) is 1. The second-order valence-electron chi connectivity index (χ2n) is 6.20. The van der Waals surface area contributed by atoms with Crippen LogP contribution in [0.25, 0.3) is 0 Å². The summed E-state index contributed by atoms with van der Waals surface area (Å²) in [5.74, 6) is 0.603. The quantitative estimate of drug-likeness (QED) is 0.722. The van der Waals surface area contributed by atoms with E-state index in [1.807, 2.05) is 18.2 Å². The number of aryl methyl sites for hydroxylation is 4. The zero-order valence-electron chi connectivity index (χ0n) is 15.8. The van der Waals surface area contributed by atoms with Crippen molar-refractivity contribution in [2.24, 2.45) is 7.05 Å². The van der Waals surface area contributed by atoms with Gasteiger partial charge in [0.05, 0.1) is 28.5 Å². The molecule has 0 bridgehead atoms. The Kier molecular flexibility index (Phi) is 4.88. The number of para-hydroxylation sites is 1. The summed E-state index contributed by atoms with van der Waals surface area (Å²) in [7, 11) is -2.12. The van der Waals surface area contributed by atoms with Crippen LogP contribution in [0.1, 0.15) is 22.8 Å². The summed E-state index contributed by atoms with van der Waals surface area (Å²) in [6, 6.07) is 9.31. The van der Waals surface area contributed by atoms with Gasteiger partial charge in [0.1, 0.15) is 10.6 Å². The molecule has 3 aromatic rings. The molecule has 2 heterocycles. The van der Waals surface area contributed by atoms with Gasteiger partial charge >= 0.3 is 6.01 Å². The number of anilines is 1. The standard InChI is InChI=1S/C18H21N5O3S/c1-11-16(22-27(24,25)17-13(3)21-23(5)14(17)4)12(2)20-18(19-11)26-15-9-7-6-8-10-15/h6-10,22H,1-5H3. The minimum Gasteiger partial charge on any atom is -0.424 e. The first-order chi connectivity index (χ1) is 12.7. The normalized spacial score (nSPS) is 11.4. The highest BCUT2D eigenvalue weighted by Crippen LogP contribution is 2.27. The zero-order chi connectivity index (χ0) is 19.8. The Balaban J connectivity index is 1.93. The third-order valence-electron chi connectivity index (χ3n) is 4.15. The highest BCUT2D eigenvalue weighted by Gasteiger charge is 2.25. The summed E-state index contributed by atoms with van der Waals surface area (Å²) in [6.07, 6.45) is 0. The predicted octanol–water partition coefficient (Wildman–Crippen LogP) is 3.04. The monoisotopic (exact) mass is 387 g/mol. The highest BCUT2D eigenvalue weighted by atomic mass is 32.2. The van der Waals surface area contributed by atoms with Crippen LogP contribution >= 0.6 is 0 Å². The largest absolute Gasteiger partial charge is 0.424 e. The molecule has 0 radical (unpaired) electrons. The first-order valence-electron chi connectivity index (χ1n) is 8.30. The van der Waals surface area contributed by atoms with E-state index in [2.05, 4.69) is 19.8 Å². The fourth-order valence-electron chi connectivity index (χ4n) is 2.80. The number of rotatable bonds is 5. The van der Waals surface area contributed by atoms with E-state index in [-0.39, 0.29) is 10.9 Å². The molecule has 0 spiro atoms. The minimum absolute atomic E-state index is 0.160. The van der Waals surface area contributed by atoms with Crippen molar-refractivity contribution in [1.29, 1.82) is 0 Å². The minimum atomic E-state index is -3.82. The third-order valence-corrected chi connectivity index (χ3v) is 5.75. The Hall–Kier alpha value is -2.94. The molecule has 142 valence electrons. The molecule has 2 aromatic heterocycles. The molecule has 0 aliphatic carbocycles. The molecule has 0 saturated heterocycles. The smallest absolute Gasteiger partial charge is 0.322 e. The average Bonchev–Trinajstić information content (AvgIpc) is 2.85. The number of aromatic nitrogens is 4. The number of nitrogens with zero attached hydrogens (tertiary/aromatic N) is 4. The number of hydrogen-bond acceptors (Lipinski definition) is 6. The van der Waals surface area contributed by atoms with Crippen LogP contribution in [0.5, 0.6) is 11.8 Å². The number of nitrogens with one attached hydrogen (secondary N) is 1. The SMILES string of the molecule is Cc1nc(Oc2ccccc2)nc(C)c1NS(=O)(=O)c1c(C)nn(C)c1C. The number of benzene rings is 1. The van der Waals surface area contributed by atoms with E-state index in [9.17, 15) is 8.42 Å². The van der Waals surface area contributed by atoms with E-state index in [4.69, 9.17) is 4.74 Å². The maximum Gasteiger partial charge on any atom is 0.322 e. The van der Waals surface area contributed by atoms with Crippen molar-refractivity contribution in [2.75, 3.05) is 4.72 Å². The molecule has 0 amide bonds. The van der Waals surface area contributed by atoms with Crippen LogP contribution in [0.2, 0.25) is 0 Å². The van der Waals surface area contributed by atoms with Gasteiger partial charge in [0.2, 0.25) is 0 Å². The van der Waals surface area contributed by atoms with Gasteiger partial charge in [-0.15, -0.1) is 0 Å². The van der Waals surface area contributed by atoms with E-state index >= 15 is 0 Å². The molecular weight excluding hydrogens is 366 g/mol. The number of ether oxygens (including phenoxy) is 1. The summed E-state index contributed by atoms with van der Waals surface area (Å²) in [4.78, 5) is 8.71. The zero-order valence-corrected chi connectivity index (χ0v) is 16.6. The molecule has 1 N–H and O–H groups in total. The van der Waals surface area contributed by atoms with Gasteiger partial charge in [-0.2, -0.15) is 15.1 Å². The lowest BCUT2D eigenvalue weighted by Crippen LogP contribution is -2.17. The molecule has 0 saturated carbocycles. The van der Waals surface area contributed by atoms with Gasteiger partial charge in [0.25, 0.3) is 10.0 Å². The van der Waals surface area contributed by atoms with Crippen LogP contribution in [0.15, 0.2) is 35.2 Å². The lowest BCUT2D eigenvalue weighted by Gasteiger charge is -2.14. The Bertz CT molecular complexity index is 1070. The lowest BCUT2D eigenvalue weighted by molar-refractivity contribution is 0.439. The molecule has 3 rings (SSSR count). The maximum atomic E-state index is 12.9. The first kappa shape index (κ1) is 18.8. The highest BCUT2D eigenvalue weighted by molar-refractivity contribution is 7.92. The van der Waals surface area contributed by atoms with E-state index in [1.165, 1.54) is 4.68 Å². The van der Waals surface area contributed by atoms with Crippen molar-refractivity contribution in [3.05, 3.63) is 53.1 Å². The van der Waals surface area contributed by atoms with E-state index < -0.39 is 10.0 Å². The summed E-state index contributed by atoms with van der Waals surface area (Å²) in [6.45, 7) is 6.77. The van der Waals surface area contributed by atoms with Gasteiger partial charge in [-0.05, 0) is 39.8 Å². The van der Waals surface area contributed by atoms with E-state index in [0.717, 1.165) is 0 Å². The van der Waals surface area contributed by atoms with Crippen LogP contribution in [0, 0.1) is 27.7 Å². The summed E-state index contributed by atoms with van der Waals surface area (Å²) in [5, 5.41) is 4.17. The van der Waals surface area contributed by atoms with Crippen molar-refractivity contribution in [2.45, 2.75) is 32.6 Å². The molecule has 8 nitrogen and oxygen atoms in total. The van der Waals surface area contributed by atoms with Crippen molar-refractivity contribution in [1.82, 2.24) is 19.7 Å². The lowest BCUT2D eigenvalue weighted by atomic mass is 10.3. The number of sulfonamides is 1. The van der Waals surface area contributed by atoms with Crippen LogP contribution in [0.3, 0.4) is 0 Å². The molecule has 0 aliphatic rings. The summed E-state index contributed by atoms with van der Waals surface area (Å²) in [5.41, 5.74) is 2.26. The molecule has 9 heteroatoms. The molecule has 0 unspecified atom stereocenters. The molecule has 0 aliphatic heterocycles. The van der Waals surface area contributed by atoms with Gasteiger partial charge < -0.3 is 4.74 Å². The van der Waals surface area contributed by atoms with Crippen LogP contribution < -0.4 is 9.46 Å². The molecule has 27 heavy (non-hydrogen) atoms. The third kappa shape index (κ3) is 3.77. The van der Waals surface area contributed by atoms with Gasteiger partial charge in [0.15, 0.2) is 0 Å². The second-order valence-corrected chi connectivity index (χ2v) is 7.82. The predicted molar refractivity (Wildman–Crippen MR) is 102 cm³/mol. The van der Waals surface area contributed by atoms with Gasteiger partial charge in [-0.3, -0.25) is 9.40 Å². The Morgan fingerprint density at radius 3 is 2.07 bits per heavy atom. The van der Waals surface area contributed by atoms with Gasteiger partial charge in [-0.1, -0.05) is 18.2 Å². The van der Waals surface area contributed by atoms with Crippen molar-refractivity contribution in [3.63, 3.8) is 0 Å². The Morgan fingerprint density at radius 1 is 0.963 bits per heavy atom. The Labute approximate surface area is 158 Å². The molecule has 0 atom stereocenters. The summed E-state index contributed by atoms with van der Waals surface area (Å²) < 4.78 is 35.5. The van der Waals surface area contributed by atoms with Crippen molar-refractivity contribution >= 4 is 15.7 Å². The maximum absolute atomic E-state index is 12.9. The van der Waals surface area contributed by atoms with Crippen LogP contribution in [-0.4, -0.2) is 28.2 Å². The molecular formula is C18H21N5O3S. The van der Waals surface area contributed by atoms with E-state index in [0.29, 0.717) is 34.2 Å². The van der Waals surface area contributed by atoms with E-state index in [1.54, 1.807) is 46.9 Å². The fraction of sp³-hybridized carbons (Fsp3) is 0.278. The fourth-order valence-corrected chi connectivity index (χ4v) is 4.42. The average molecular weight is 387 g/mol. The topological polar surface area (TPSA) is 99.0 Å². The second kappa shape index (κ2) is 6.99. The molecule has 1 aromatic carbocycles. The van der Waals surface area contributed by atoms with Crippen molar-refractivity contribution in [3.8, 4) is 11.8 Å². The van der Waals surface area contributed by atoms with Crippen LogP contribution in [0.4, 0.5) is 5.69 Å². The molecule has 0 fully saturated rings. The van der Waals surface area contributed by atoms with Crippen LogP contribution in [-0.2, 0) is 17.1 Å². The van der Waals surface area contributed by atoms with Gasteiger partial charge in [0, 0.05) is 7.05 Å². The van der Waals surface area contributed by atoms with Gasteiger partial charge in [-0.25, -0.2) is 8.42 Å². The van der Waals surface area contributed by atoms with Crippen molar-refractivity contribution < 1.29 is 13.2 Å².